The Balaban J connectivity index is 2.13. The quantitative estimate of drug-likeness (QED) is 0.712. The standard InChI is InChI=1S/C22H27NO3/c1-6-18-9-7-8-16(4)22(18)23-21(24)13-11-17-10-12-19(26-15(2)3)20(14-17)25-5/h7-15H,6H2,1-5H3,(H,23,24). The van der Waals surface area contributed by atoms with Crippen LogP contribution in [-0.2, 0) is 11.2 Å². The van der Waals surface area contributed by atoms with Crippen molar-refractivity contribution in [2.75, 3.05) is 12.4 Å². The maximum Gasteiger partial charge on any atom is 0.248 e. The molecule has 138 valence electrons. The summed E-state index contributed by atoms with van der Waals surface area (Å²) < 4.78 is 11.1. The lowest BCUT2D eigenvalue weighted by atomic mass is 10.1. The van der Waals surface area contributed by atoms with Crippen molar-refractivity contribution >= 4 is 17.7 Å². The summed E-state index contributed by atoms with van der Waals surface area (Å²) in [7, 11) is 1.60. The van der Waals surface area contributed by atoms with Gasteiger partial charge in [-0.05, 0) is 62.1 Å². The van der Waals surface area contributed by atoms with E-state index < -0.39 is 0 Å². The van der Waals surface area contributed by atoms with Gasteiger partial charge in [0.2, 0.25) is 5.91 Å². The van der Waals surface area contributed by atoms with Crippen molar-refractivity contribution in [3.8, 4) is 11.5 Å². The van der Waals surface area contributed by atoms with Crippen molar-refractivity contribution < 1.29 is 14.3 Å². The number of aryl methyl sites for hydroxylation is 2. The zero-order valence-corrected chi connectivity index (χ0v) is 16.1. The molecule has 1 N–H and O–H groups in total. The van der Waals surface area contributed by atoms with Gasteiger partial charge in [-0.1, -0.05) is 31.2 Å². The van der Waals surface area contributed by atoms with Gasteiger partial charge in [0, 0.05) is 11.8 Å². The predicted octanol–water partition coefficient (Wildman–Crippen LogP) is 5.01. The first-order valence-corrected chi connectivity index (χ1v) is 8.86. The summed E-state index contributed by atoms with van der Waals surface area (Å²) >= 11 is 0. The number of methoxy groups -OCH3 is 1. The molecular formula is C22H27NO3. The predicted molar refractivity (Wildman–Crippen MR) is 107 cm³/mol. The minimum Gasteiger partial charge on any atom is -0.493 e. The molecule has 4 heteroatoms. The Morgan fingerprint density at radius 2 is 1.96 bits per heavy atom. The van der Waals surface area contributed by atoms with Crippen molar-refractivity contribution in [3.05, 3.63) is 59.2 Å². The van der Waals surface area contributed by atoms with E-state index >= 15 is 0 Å². The van der Waals surface area contributed by atoms with Crippen LogP contribution in [0.1, 0.15) is 37.5 Å². The Kier molecular flexibility index (Phi) is 6.84. The van der Waals surface area contributed by atoms with Crippen LogP contribution in [0.15, 0.2) is 42.5 Å². The van der Waals surface area contributed by atoms with Gasteiger partial charge in [-0.2, -0.15) is 0 Å². The highest BCUT2D eigenvalue weighted by atomic mass is 16.5. The molecule has 0 aliphatic heterocycles. The Morgan fingerprint density at radius 3 is 2.62 bits per heavy atom. The number of carbonyl (C=O) groups excluding carboxylic acids is 1. The molecule has 0 unspecified atom stereocenters. The van der Waals surface area contributed by atoms with Crippen LogP contribution in [0.2, 0.25) is 0 Å². The van der Waals surface area contributed by atoms with Gasteiger partial charge in [0.05, 0.1) is 13.2 Å². The van der Waals surface area contributed by atoms with E-state index in [1.807, 2.05) is 57.2 Å². The van der Waals surface area contributed by atoms with E-state index in [1.54, 1.807) is 13.2 Å². The molecule has 0 atom stereocenters. The van der Waals surface area contributed by atoms with Crippen molar-refractivity contribution in [3.63, 3.8) is 0 Å². The number of amides is 1. The highest BCUT2D eigenvalue weighted by Gasteiger charge is 2.08. The SMILES string of the molecule is CCc1cccc(C)c1NC(=O)C=Cc1ccc(OC(C)C)c(OC)c1. The van der Waals surface area contributed by atoms with E-state index in [0.29, 0.717) is 11.5 Å². The van der Waals surface area contributed by atoms with E-state index in [1.165, 1.54) is 6.08 Å². The highest BCUT2D eigenvalue weighted by Crippen LogP contribution is 2.29. The van der Waals surface area contributed by atoms with Crippen LogP contribution in [0.3, 0.4) is 0 Å². The fourth-order valence-electron chi connectivity index (χ4n) is 2.68. The summed E-state index contributed by atoms with van der Waals surface area (Å²) in [4.78, 5) is 12.3. The molecule has 26 heavy (non-hydrogen) atoms. The molecule has 1 amide bonds. The zero-order chi connectivity index (χ0) is 19.1. The van der Waals surface area contributed by atoms with Crippen molar-refractivity contribution in [2.24, 2.45) is 0 Å². The van der Waals surface area contributed by atoms with Crippen LogP contribution in [0.4, 0.5) is 5.69 Å². The third-order valence-electron chi connectivity index (χ3n) is 3.97. The number of benzene rings is 2. The van der Waals surface area contributed by atoms with Gasteiger partial charge < -0.3 is 14.8 Å². The van der Waals surface area contributed by atoms with Crippen LogP contribution in [-0.4, -0.2) is 19.1 Å². The first kappa shape index (κ1) is 19.6. The maximum absolute atomic E-state index is 12.3. The summed E-state index contributed by atoms with van der Waals surface area (Å²) in [5, 5.41) is 2.98. The Hall–Kier alpha value is -2.75. The average molecular weight is 353 g/mol. The van der Waals surface area contributed by atoms with Gasteiger partial charge >= 0.3 is 0 Å². The van der Waals surface area contributed by atoms with E-state index in [4.69, 9.17) is 9.47 Å². The van der Waals surface area contributed by atoms with Crippen molar-refractivity contribution in [2.45, 2.75) is 40.2 Å². The molecule has 0 bridgehead atoms. The molecule has 2 aromatic rings. The van der Waals surface area contributed by atoms with Crippen LogP contribution < -0.4 is 14.8 Å². The Morgan fingerprint density at radius 1 is 1.19 bits per heavy atom. The van der Waals surface area contributed by atoms with E-state index in [2.05, 4.69) is 12.2 Å². The highest BCUT2D eigenvalue weighted by molar-refractivity contribution is 6.02. The van der Waals surface area contributed by atoms with Gasteiger partial charge in [-0.3, -0.25) is 4.79 Å². The molecule has 0 radical (unpaired) electrons. The van der Waals surface area contributed by atoms with E-state index in [-0.39, 0.29) is 12.0 Å². The normalized spacial score (nSPS) is 11.0. The minimum atomic E-state index is -0.157. The summed E-state index contributed by atoms with van der Waals surface area (Å²) in [6, 6.07) is 11.6. The molecule has 0 spiro atoms. The van der Waals surface area contributed by atoms with Crippen molar-refractivity contribution in [1.82, 2.24) is 0 Å². The first-order chi connectivity index (χ1) is 12.4. The smallest absolute Gasteiger partial charge is 0.248 e. The number of carbonyl (C=O) groups is 1. The number of rotatable bonds is 7. The third kappa shape index (κ3) is 5.12. The van der Waals surface area contributed by atoms with Crippen molar-refractivity contribution in [1.29, 1.82) is 0 Å². The lowest BCUT2D eigenvalue weighted by Gasteiger charge is -2.14. The second-order valence-corrected chi connectivity index (χ2v) is 6.36. The van der Waals surface area contributed by atoms with E-state index in [0.717, 1.165) is 28.8 Å². The second-order valence-electron chi connectivity index (χ2n) is 6.36. The number of nitrogens with one attached hydrogen (secondary N) is 1. The summed E-state index contributed by atoms with van der Waals surface area (Å²) in [5.41, 5.74) is 3.95. The average Bonchev–Trinajstić information content (AvgIpc) is 2.62. The van der Waals surface area contributed by atoms with Crippen LogP contribution in [0.5, 0.6) is 11.5 Å². The lowest BCUT2D eigenvalue weighted by molar-refractivity contribution is -0.111. The largest absolute Gasteiger partial charge is 0.493 e. The molecule has 0 heterocycles. The fourth-order valence-corrected chi connectivity index (χ4v) is 2.68. The lowest BCUT2D eigenvalue weighted by Crippen LogP contribution is -2.11. The van der Waals surface area contributed by atoms with Crippen LogP contribution in [0, 0.1) is 6.92 Å². The summed E-state index contributed by atoms with van der Waals surface area (Å²) in [6.45, 7) is 8.01. The molecular weight excluding hydrogens is 326 g/mol. The van der Waals surface area contributed by atoms with Gasteiger partial charge in [0.1, 0.15) is 0 Å². The van der Waals surface area contributed by atoms with E-state index in [9.17, 15) is 4.79 Å². The molecule has 0 saturated carbocycles. The Bertz CT molecular complexity index is 794. The number of ether oxygens (including phenoxy) is 2. The third-order valence-corrected chi connectivity index (χ3v) is 3.97. The zero-order valence-electron chi connectivity index (χ0n) is 16.1. The summed E-state index contributed by atoms with van der Waals surface area (Å²) in [6.07, 6.45) is 4.23. The number of hydrogen-bond acceptors (Lipinski definition) is 3. The molecule has 0 saturated heterocycles. The molecule has 0 fully saturated rings. The minimum absolute atomic E-state index is 0.0675. The molecule has 2 rings (SSSR count). The molecule has 0 aliphatic rings. The maximum atomic E-state index is 12.3. The fraction of sp³-hybridized carbons (Fsp3) is 0.318. The molecule has 4 nitrogen and oxygen atoms in total. The molecule has 2 aromatic carbocycles. The summed E-state index contributed by atoms with van der Waals surface area (Å²) in [5.74, 6) is 1.18. The first-order valence-electron chi connectivity index (χ1n) is 8.86. The van der Waals surface area contributed by atoms with Crippen LogP contribution in [0.25, 0.3) is 6.08 Å². The molecule has 0 aliphatic carbocycles. The molecule has 0 aromatic heterocycles. The number of para-hydroxylation sites is 1. The number of hydrogen-bond donors (Lipinski definition) is 1. The van der Waals surface area contributed by atoms with Crippen LogP contribution >= 0.6 is 0 Å². The Labute approximate surface area is 155 Å². The topological polar surface area (TPSA) is 47.6 Å². The number of anilines is 1. The van der Waals surface area contributed by atoms with Gasteiger partial charge in [-0.25, -0.2) is 0 Å². The van der Waals surface area contributed by atoms with Gasteiger partial charge in [0.15, 0.2) is 11.5 Å². The van der Waals surface area contributed by atoms with Gasteiger partial charge in [-0.15, -0.1) is 0 Å². The monoisotopic (exact) mass is 353 g/mol. The van der Waals surface area contributed by atoms with Gasteiger partial charge in [0.25, 0.3) is 0 Å². The second kappa shape index (κ2) is 9.09.